The zero-order valence-corrected chi connectivity index (χ0v) is 12.1. The third-order valence-electron chi connectivity index (χ3n) is 3.84. The van der Waals surface area contributed by atoms with Gasteiger partial charge in [-0.2, -0.15) is 0 Å². The molecule has 0 radical (unpaired) electrons. The molecule has 1 aromatic rings. The molecule has 0 spiro atoms. The Labute approximate surface area is 116 Å². The summed E-state index contributed by atoms with van der Waals surface area (Å²) < 4.78 is 5.74. The number of benzene rings is 1. The number of morpholine rings is 1. The highest BCUT2D eigenvalue weighted by Gasteiger charge is 2.16. The van der Waals surface area contributed by atoms with Gasteiger partial charge in [-0.15, -0.1) is 0 Å². The summed E-state index contributed by atoms with van der Waals surface area (Å²) in [4.78, 5) is 2.34. The monoisotopic (exact) mass is 262 g/mol. The smallest absolute Gasteiger partial charge is 0.0826 e. The van der Waals surface area contributed by atoms with Gasteiger partial charge >= 0.3 is 0 Å². The summed E-state index contributed by atoms with van der Waals surface area (Å²) in [5.41, 5.74) is 1.43. The Morgan fingerprint density at radius 1 is 1.37 bits per heavy atom. The highest BCUT2D eigenvalue weighted by Crippen LogP contribution is 2.17. The molecule has 0 aromatic heterocycles. The van der Waals surface area contributed by atoms with Crippen LogP contribution in [0.3, 0.4) is 0 Å². The Morgan fingerprint density at radius 2 is 2.16 bits per heavy atom. The molecule has 1 N–H and O–H groups in total. The largest absolute Gasteiger partial charge is 0.374 e. The number of hydrogen-bond donors (Lipinski definition) is 1. The first-order valence-corrected chi connectivity index (χ1v) is 7.31. The van der Waals surface area contributed by atoms with Gasteiger partial charge in [0.15, 0.2) is 0 Å². The zero-order valence-electron chi connectivity index (χ0n) is 12.1. The van der Waals surface area contributed by atoms with E-state index in [-0.39, 0.29) is 0 Å². The van der Waals surface area contributed by atoms with Gasteiger partial charge in [0.2, 0.25) is 0 Å². The van der Waals surface area contributed by atoms with E-state index >= 15 is 0 Å². The molecule has 1 saturated heterocycles. The molecule has 0 aliphatic carbocycles. The lowest BCUT2D eigenvalue weighted by atomic mass is 9.98. The van der Waals surface area contributed by atoms with Crippen LogP contribution in [0.1, 0.15) is 24.8 Å². The van der Waals surface area contributed by atoms with Gasteiger partial charge in [0.25, 0.3) is 0 Å². The van der Waals surface area contributed by atoms with Crippen molar-refractivity contribution in [3.63, 3.8) is 0 Å². The molecule has 1 aromatic carbocycles. The van der Waals surface area contributed by atoms with Crippen molar-refractivity contribution in [2.45, 2.75) is 25.4 Å². The SMILES string of the molecule is CC(CCNCC1CN(C)CCO1)c1ccccc1. The van der Waals surface area contributed by atoms with Crippen molar-refractivity contribution in [1.82, 2.24) is 10.2 Å². The van der Waals surface area contributed by atoms with Crippen LogP contribution in [0, 0.1) is 0 Å². The van der Waals surface area contributed by atoms with Crippen molar-refractivity contribution in [3.8, 4) is 0 Å². The van der Waals surface area contributed by atoms with Crippen LogP contribution >= 0.6 is 0 Å². The van der Waals surface area contributed by atoms with Gasteiger partial charge < -0.3 is 15.0 Å². The van der Waals surface area contributed by atoms with Gasteiger partial charge in [0, 0.05) is 19.6 Å². The maximum Gasteiger partial charge on any atom is 0.0826 e. The van der Waals surface area contributed by atoms with Crippen LogP contribution in [-0.4, -0.2) is 50.8 Å². The second-order valence-corrected chi connectivity index (χ2v) is 5.56. The van der Waals surface area contributed by atoms with Crippen molar-refractivity contribution in [2.75, 3.05) is 39.8 Å². The predicted molar refractivity (Wildman–Crippen MR) is 79.6 cm³/mol. The molecular weight excluding hydrogens is 236 g/mol. The summed E-state index contributed by atoms with van der Waals surface area (Å²) in [5, 5.41) is 3.52. The van der Waals surface area contributed by atoms with E-state index < -0.39 is 0 Å². The van der Waals surface area contributed by atoms with Crippen LogP contribution < -0.4 is 5.32 Å². The molecule has 3 heteroatoms. The standard InChI is InChI=1S/C16H26N2O/c1-14(15-6-4-3-5-7-15)8-9-17-12-16-13-18(2)10-11-19-16/h3-7,14,16-17H,8-13H2,1-2H3. The maximum absolute atomic E-state index is 5.74. The summed E-state index contributed by atoms with van der Waals surface area (Å²) in [6.45, 7) is 7.28. The Morgan fingerprint density at radius 3 is 2.89 bits per heavy atom. The van der Waals surface area contributed by atoms with Gasteiger partial charge in [-0.05, 0) is 31.5 Å². The van der Waals surface area contributed by atoms with E-state index in [2.05, 4.69) is 54.5 Å². The summed E-state index contributed by atoms with van der Waals surface area (Å²) in [7, 11) is 2.16. The topological polar surface area (TPSA) is 24.5 Å². The highest BCUT2D eigenvalue weighted by molar-refractivity contribution is 5.18. The van der Waals surface area contributed by atoms with Crippen LogP contribution in [0.25, 0.3) is 0 Å². The van der Waals surface area contributed by atoms with Crippen LogP contribution in [0.4, 0.5) is 0 Å². The predicted octanol–water partition coefficient (Wildman–Crippen LogP) is 2.10. The summed E-state index contributed by atoms with van der Waals surface area (Å²) in [6.07, 6.45) is 1.53. The molecule has 2 unspecified atom stereocenters. The molecule has 0 saturated carbocycles. The fraction of sp³-hybridized carbons (Fsp3) is 0.625. The Hall–Kier alpha value is -0.900. The second-order valence-electron chi connectivity index (χ2n) is 5.56. The highest BCUT2D eigenvalue weighted by atomic mass is 16.5. The molecule has 3 nitrogen and oxygen atoms in total. The molecule has 2 rings (SSSR count). The Balaban J connectivity index is 1.61. The average molecular weight is 262 g/mol. The lowest BCUT2D eigenvalue weighted by Crippen LogP contribution is -2.45. The van der Waals surface area contributed by atoms with Gasteiger partial charge in [0.1, 0.15) is 0 Å². The van der Waals surface area contributed by atoms with Crippen molar-refractivity contribution >= 4 is 0 Å². The number of likely N-dealkylation sites (N-methyl/N-ethyl adjacent to an activating group) is 1. The number of hydrogen-bond acceptors (Lipinski definition) is 3. The van der Waals surface area contributed by atoms with Crippen LogP contribution in [0.2, 0.25) is 0 Å². The minimum atomic E-state index is 0.353. The van der Waals surface area contributed by atoms with Crippen LogP contribution in [0.5, 0.6) is 0 Å². The number of ether oxygens (including phenoxy) is 1. The molecule has 0 bridgehead atoms. The first-order valence-electron chi connectivity index (χ1n) is 7.31. The molecule has 106 valence electrons. The van der Waals surface area contributed by atoms with Gasteiger partial charge in [-0.3, -0.25) is 0 Å². The fourth-order valence-electron chi connectivity index (χ4n) is 2.52. The number of nitrogens with one attached hydrogen (secondary N) is 1. The molecule has 1 aliphatic heterocycles. The first kappa shape index (κ1) is 14.5. The first-order chi connectivity index (χ1) is 9.25. The van der Waals surface area contributed by atoms with Crippen LogP contribution in [0.15, 0.2) is 30.3 Å². The van der Waals surface area contributed by atoms with Crippen molar-refractivity contribution < 1.29 is 4.74 Å². The Kier molecular flexibility index (Phi) is 5.83. The van der Waals surface area contributed by atoms with E-state index in [1.165, 1.54) is 12.0 Å². The molecular formula is C16H26N2O. The van der Waals surface area contributed by atoms with E-state index in [1.807, 2.05) is 0 Å². The normalized spacial score (nSPS) is 22.3. The van der Waals surface area contributed by atoms with Crippen molar-refractivity contribution in [3.05, 3.63) is 35.9 Å². The second kappa shape index (κ2) is 7.63. The van der Waals surface area contributed by atoms with Crippen molar-refractivity contribution in [2.24, 2.45) is 0 Å². The molecule has 19 heavy (non-hydrogen) atoms. The third kappa shape index (κ3) is 4.94. The van der Waals surface area contributed by atoms with Gasteiger partial charge in [0.05, 0.1) is 12.7 Å². The summed E-state index contributed by atoms with van der Waals surface area (Å²) in [6, 6.07) is 10.7. The minimum Gasteiger partial charge on any atom is -0.374 e. The fourth-order valence-corrected chi connectivity index (χ4v) is 2.52. The van der Waals surface area contributed by atoms with Crippen LogP contribution in [-0.2, 0) is 4.74 Å². The Bertz CT molecular complexity index is 355. The van der Waals surface area contributed by atoms with E-state index in [0.29, 0.717) is 12.0 Å². The van der Waals surface area contributed by atoms with Gasteiger partial charge in [-0.25, -0.2) is 0 Å². The molecule has 2 atom stereocenters. The van der Waals surface area contributed by atoms with E-state index in [4.69, 9.17) is 4.74 Å². The maximum atomic E-state index is 5.74. The van der Waals surface area contributed by atoms with E-state index in [9.17, 15) is 0 Å². The number of rotatable bonds is 6. The number of nitrogens with zero attached hydrogens (tertiary/aromatic N) is 1. The summed E-state index contributed by atoms with van der Waals surface area (Å²) in [5.74, 6) is 0.614. The molecule has 1 fully saturated rings. The lowest BCUT2D eigenvalue weighted by molar-refractivity contribution is -0.0180. The van der Waals surface area contributed by atoms with Gasteiger partial charge in [-0.1, -0.05) is 37.3 Å². The third-order valence-corrected chi connectivity index (χ3v) is 3.84. The molecule has 1 aliphatic rings. The molecule has 1 heterocycles. The average Bonchev–Trinajstić information content (AvgIpc) is 2.44. The van der Waals surface area contributed by atoms with E-state index in [0.717, 1.165) is 32.8 Å². The lowest BCUT2D eigenvalue weighted by Gasteiger charge is -2.30. The quantitative estimate of drug-likeness (QED) is 0.795. The van der Waals surface area contributed by atoms with E-state index in [1.54, 1.807) is 0 Å². The zero-order chi connectivity index (χ0) is 13.5. The molecule has 0 amide bonds. The van der Waals surface area contributed by atoms with Crippen molar-refractivity contribution in [1.29, 1.82) is 0 Å². The summed E-state index contributed by atoms with van der Waals surface area (Å²) >= 11 is 0. The minimum absolute atomic E-state index is 0.353.